The van der Waals surface area contributed by atoms with Crippen LogP contribution in [0.4, 0.5) is 0 Å². The van der Waals surface area contributed by atoms with Gasteiger partial charge >= 0.3 is 11.9 Å². The van der Waals surface area contributed by atoms with Crippen molar-refractivity contribution in [2.75, 3.05) is 6.61 Å². The van der Waals surface area contributed by atoms with Gasteiger partial charge in [0, 0.05) is 20.8 Å². The van der Waals surface area contributed by atoms with Gasteiger partial charge in [0.25, 0.3) is 0 Å². The number of ether oxygens (including phenoxy) is 2. The van der Waals surface area contributed by atoms with E-state index in [2.05, 4.69) is 9.47 Å². The van der Waals surface area contributed by atoms with E-state index in [4.69, 9.17) is 0 Å². The first-order valence-electron chi connectivity index (χ1n) is 6.22. The minimum absolute atomic E-state index is 0.791. The SMILES string of the molecule is CC(=O)O[C@@H](CO)[C@H](OC(C)=O)[C@](O)(C(C)=O)C(=O)C(C)=O. The normalized spacial score (nSPS) is 15.9. The van der Waals surface area contributed by atoms with Crippen LogP contribution in [0.15, 0.2) is 0 Å². The maximum absolute atomic E-state index is 11.9. The Labute approximate surface area is 126 Å². The van der Waals surface area contributed by atoms with E-state index in [1.54, 1.807) is 0 Å². The van der Waals surface area contributed by atoms with Gasteiger partial charge in [-0.05, 0) is 6.92 Å². The molecule has 0 aliphatic heterocycles. The Hall–Kier alpha value is -2.13. The molecule has 0 saturated heterocycles. The third-order valence-corrected chi connectivity index (χ3v) is 2.74. The van der Waals surface area contributed by atoms with Gasteiger partial charge in [0.1, 0.15) is 0 Å². The molecule has 0 spiro atoms. The third-order valence-electron chi connectivity index (χ3n) is 2.74. The predicted molar refractivity (Wildman–Crippen MR) is 69.5 cm³/mol. The lowest BCUT2D eigenvalue weighted by molar-refractivity contribution is -0.197. The molecule has 0 aliphatic carbocycles. The predicted octanol–water partition coefficient (Wildman–Crippen LogP) is -1.68. The Morgan fingerprint density at radius 2 is 1.41 bits per heavy atom. The van der Waals surface area contributed by atoms with Crippen molar-refractivity contribution in [3.63, 3.8) is 0 Å². The Morgan fingerprint density at radius 1 is 0.955 bits per heavy atom. The summed E-state index contributed by atoms with van der Waals surface area (Å²) in [4.78, 5) is 57.0. The van der Waals surface area contributed by atoms with Crippen molar-refractivity contribution in [1.82, 2.24) is 0 Å². The molecule has 0 saturated carbocycles. The van der Waals surface area contributed by atoms with Gasteiger partial charge in [-0.25, -0.2) is 0 Å². The van der Waals surface area contributed by atoms with Crippen LogP contribution in [0.5, 0.6) is 0 Å². The second-order valence-electron chi connectivity index (χ2n) is 4.57. The van der Waals surface area contributed by atoms with Crippen LogP contribution in [-0.4, -0.2) is 63.9 Å². The Balaban J connectivity index is 6.02. The number of aliphatic hydroxyl groups is 2. The van der Waals surface area contributed by atoms with Gasteiger partial charge in [0.15, 0.2) is 23.8 Å². The van der Waals surface area contributed by atoms with Crippen LogP contribution in [0, 0.1) is 0 Å². The lowest BCUT2D eigenvalue weighted by Gasteiger charge is -2.35. The number of ketones is 3. The van der Waals surface area contributed by atoms with Crippen LogP contribution in [0.1, 0.15) is 27.7 Å². The molecule has 0 aromatic rings. The number of carbonyl (C=O) groups is 5. The average molecular weight is 318 g/mol. The monoisotopic (exact) mass is 318 g/mol. The molecule has 9 heteroatoms. The molecule has 0 aromatic carbocycles. The zero-order chi connectivity index (χ0) is 17.7. The van der Waals surface area contributed by atoms with E-state index >= 15 is 0 Å². The van der Waals surface area contributed by atoms with Gasteiger partial charge in [-0.3, -0.25) is 24.0 Å². The molecular weight excluding hydrogens is 300 g/mol. The van der Waals surface area contributed by atoms with E-state index < -0.39 is 53.7 Å². The van der Waals surface area contributed by atoms with E-state index in [0.29, 0.717) is 0 Å². The second kappa shape index (κ2) is 7.76. The molecule has 0 bridgehead atoms. The van der Waals surface area contributed by atoms with Gasteiger partial charge in [-0.1, -0.05) is 0 Å². The number of aliphatic hydroxyl groups excluding tert-OH is 1. The average Bonchev–Trinajstić information content (AvgIpc) is 2.39. The molecule has 0 aromatic heterocycles. The summed E-state index contributed by atoms with van der Waals surface area (Å²) in [6.07, 6.45) is -3.77. The zero-order valence-corrected chi connectivity index (χ0v) is 12.6. The highest BCUT2D eigenvalue weighted by Crippen LogP contribution is 2.23. The first kappa shape index (κ1) is 19.9. The van der Waals surface area contributed by atoms with E-state index in [0.717, 1.165) is 27.7 Å². The third kappa shape index (κ3) is 4.43. The first-order valence-corrected chi connectivity index (χ1v) is 6.22. The van der Waals surface area contributed by atoms with Gasteiger partial charge in [0.2, 0.25) is 11.4 Å². The van der Waals surface area contributed by atoms with Crippen molar-refractivity contribution in [3.05, 3.63) is 0 Å². The van der Waals surface area contributed by atoms with Crippen molar-refractivity contribution in [2.45, 2.75) is 45.5 Å². The number of Topliss-reactive ketones (excluding diaryl/α,β-unsaturated/α-hetero) is 3. The maximum atomic E-state index is 11.9. The van der Waals surface area contributed by atoms with Gasteiger partial charge in [0.05, 0.1) is 6.61 Å². The summed E-state index contributed by atoms with van der Waals surface area (Å²) in [6, 6.07) is 0. The smallest absolute Gasteiger partial charge is 0.303 e. The zero-order valence-electron chi connectivity index (χ0n) is 12.6. The van der Waals surface area contributed by atoms with Gasteiger partial charge in [-0.15, -0.1) is 0 Å². The number of rotatable bonds is 8. The summed E-state index contributed by atoms with van der Waals surface area (Å²) in [5, 5.41) is 19.6. The highest BCUT2D eigenvalue weighted by Gasteiger charge is 2.56. The number of hydrogen-bond donors (Lipinski definition) is 2. The molecule has 0 rings (SSSR count). The molecule has 124 valence electrons. The highest BCUT2D eigenvalue weighted by atomic mass is 16.6. The second-order valence-corrected chi connectivity index (χ2v) is 4.57. The number of esters is 2. The molecule has 0 amide bonds. The number of carbonyl (C=O) groups excluding carboxylic acids is 5. The summed E-state index contributed by atoms with van der Waals surface area (Å²) in [6.45, 7) is 2.51. The van der Waals surface area contributed by atoms with Crippen LogP contribution in [-0.2, 0) is 33.4 Å². The van der Waals surface area contributed by atoms with E-state index in [-0.39, 0.29) is 0 Å². The van der Waals surface area contributed by atoms with Crippen molar-refractivity contribution < 1.29 is 43.7 Å². The lowest BCUT2D eigenvalue weighted by atomic mass is 9.83. The van der Waals surface area contributed by atoms with Crippen molar-refractivity contribution in [2.24, 2.45) is 0 Å². The van der Waals surface area contributed by atoms with Crippen LogP contribution < -0.4 is 0 Å². The van der Waals surface area contributed by atoms with Crippen LogP contribution in [0.3, 0.4) is 0 Å². The summed E-state index contributed by atoms with van der Waals surface area (Å²) in [7, 11) is 0. The van der Waals surface area contributed by atoms with Crippen LogP contribution >= 0.6 is 0 Å². The van der Waals surface area contributed by atoms with E-state index in [1.165, 1.54) is 0 Å². The molecule has 0 aliphatic rings. The first-order chi connectivity index (χ1) is 9.98. The molecule has 0 fully saturated rings. The fraction of sp³-hybridized carbons (Fsp3) is 0.615. The molecule has 0 radical (unpaired) electrons. The maximum Gasteiger partial charge on any atom is 0.303 e. The standard InChI is InChI=1S/C13H18O9/c1-6(15)11(19)13(20,7(2)16)12(22-9(4)18)10(5-14)21-8(3)17/h10,12,14,20H,5H2,1-4H3/t10-,12-,13-/m0/s1. The molecule has 22 heavy (non-hydrogen) atoms. The quantitative estimate of drug-likeness (QED) is 0.304. The minimum atomic E-state index is -3.07. The molecule has 0 unspecified atom stereocenters. The molecule has 2 N–H and O–H groups in total. The van der Waals surface area contributed by atoms with Crippen LogP contribution in [0.2, 0.25) is 0 Å². The topological polar surface area (TPSA) is 144 Å². The molecule has 9 nitrogen and oxygen atoms in total. The van der Waals surface area contributed by atoms with Crippen molar-refractivity contribution in [3.8, 4) is 0 Å². The van der Waals surface area contributed by atoms with Gasteiger partial charge < -0.3 is 19.7 Å². The van der Waals surface area contributed by atoms with Gasteiger partial charge in [-0.2, -0.15) is 0 Å². The van der Waals surface area contributed by atoms with Crippen molar-refractivity contribution in [1.29, 1.82) is 0 Å². The lowest BCUT2D eigenvalue weighted by Crippen LogP contribution is -2.63. The van der Waals surface area contributed by atoms with Crippen LogP contribution in [0.25, 0.3) is 0 Å². The fourth-order valence-corrected chi connectivity index (χ4v) is 1.77. The molecule has 0 heterocycles. The summed E-state index contributed by atoms with van der Waals surface area (Å²) in [5.74, 6) is -5.86. The Morgan fingerprint density at radius 3 is 1.68 bits per heavy atom. The Bertz CT molecular complexity index is 496. The van der Waals surface area contributed by atoms with E-state index in [1.807, 2.05) is 0 Å². The van der Waals surface area contributed by atoms with Crippen molar-refractivity contribution >= 4 is 29.3 Å². The molecular formula is C13H18O9. The summed E-state index contributed by atoms with van der Waals surface area (Å²) >= 11 is 0. The summed E-state index contributed by atoms with van der Waals surface area (Å²) in [5.41, 5.74) is -3.07. The Kier molecular flexibility index (Phi) is 7.01. The number of hydrogen-bond acceptors (Lipinski definition) is 9. The summed E-state index contributed by atoms with van der Waals surface area (Å²) < 4.78 is 9.33. The molecule has 3 atom stereocenters. The minimum Gasteiger partial charge on any atom is -0.456 e. The van der Waals surface area contributed by atoms with E-state index in [9.17, 15) is 34.2 Å². The highest BCUT2D eigenvalue weighted by molar-refractivity contribution is 6.44. The largest absolute Gasteiger partial charge is 0.456 e. The fourth-order valence-electron chi connectivity index (χ4n) is 1.77.